The molecule has 6 heteroatoms. The Morgan fingerprint density at radius 3 is 2.53 bits per heavy atom. The van der Waals surface area contributed by atoms with Crippen molar-refractivity contribution in [1.29, 1.82) is 0 Å². The van der Waals surface area contributed by atoms with Crippen LogP contribution < -0.4 is 5.32 Å². The normalized spacial score (nSPS) is 25.6. The number of nitrogens with zero attached hydrogens (tertiary/aromatic N) is 2. The van der Waals surface area contributed by atoms with Gasteiger partial charge in [0.1, 0.15) is 0 Å². The molecule has 3 aliphatic heterocycles. The lowest BCUT2D eigenvalue weighted by molar-refractivity contribution is -0.127. The van der Waals surface area contributed by atoms with Crippen LogP contribution in [0.5, 0.6) is 0 Å². The highest BCUT2D eigenvalue weighted by molar-refractivity contribution is 7.12. The molecule has 5 nitrogen and oxygen atoms in total. The van der Waals surface area contributed by atoms with Gasteiger partial charge in [-0.1, -0.05) is 0 Å². The molecule has 1 amide bonds. The molecule has 0 aliphatic carbocycles. The second-order valence-corrected chi connectivity index (χ2v) is 10.8. The van der Waals surface area contributed by atoms with E-state index in [0.29, 0.717) is 12.1 Å². The van der Waals surface area contributed by atoms with Crippen LogP contribution in [0.2, 0.25) is 0 Å². The maximum atomic E-state index is 12.3. The minimum atomic E-state index is 0.213. The second-order valence-electron chi connectivity index (χ2n) is 9.64. The lowest BCUT2D eigenvalue weighted by atomic mass is 9.92. The number of carbonyl (C=O) groups excluding carboxylic acids is 1. The van der Waals surface area contributed by atoms with Crippen molar-refractivity contribution in [1.82, 2.24) is 15.1 Å². The van der Waals surface area contributed by atoms with E-state index in [0.717, 1.165) is 39.1 Å². The lowest BCUT2D eigenvalue weighted by Crippen LogP contribution is -2.49. The van der Waals surface area contributed by atoms with E-state index < -0.39 is 0 Å². The van der Waals surface area contributed by atoms with E-state index in [-0.39, 0.29) is 17.9 Å². The van der Waals surface area contributed by atoms with Gasteiger partial charge >= 0.3 is 0 Å². The third-order valence-corrected chi connectivity index (χ3v) is 8.13. The summed E-state index contributed by atoms with van der Waals surface area (Å²) in [6.07, 6.45) is 8.58. The van der Waals surface area contributed by atoms with Crippen LogP contribution in [0.25, 0.3) is 0 Å². The van der Waals surface area contributed by atoms with Gasteiger partial charge < -0.3 is 15.0 Å². The summed E-state index contributed by atoms with van der Waals surface area (Å²) in [4.78, 5) is 20.4. The van der Waals surface area contributed by atoms with Crippen LogP contribution in [0.15, 0.2) is 12.1 Å². The Morgan fingerprint density at radius 2 is 1.87 bits per heavy atom. The molecule has 0 spiro atoms. The molecule has 3 fully saturated rings. The zero-order valence-electron chi connectivity index (χ0n) is 18.8. The smallest absolute Gasteiger partial charge is 0.223 e. The van der Waals surface area contributed by atoms with E-state index in [2.05, 4.69) is 27.2 Å². The van der Waals surface area contributed by atoms with Crippen LogP contribution in [0, 0.1) is 5.92 Å². The van der Waals surface area contributed by atoms with Crippen LogP contribution in [0.4, 0.5) is 0 Å². The van der Waals surface area contributed by atoms with Crippen molar-refractivity contribution in [3.63, 3.8) is 0 Å². The molecule has 30 heavy (non-hydrogen) atoms. The first-order chi connectivity index (χ1) is 14.6. The molecule has 0 radical (unpaired) electrons. The maximum Gasteiger partial charge on any atom is 0.223 e. The summed E-state index contributed by atoms with van der Waals surface area (Å²) < 4.78 is 5.96. The van der Waals surface area contributed by atoms with Gasteiger partial charge in [0.2, 0.25) is 5.91 Å². The first-order valence-corrected chi connectivity index (χ1v) is 12.9. The summed E-state index contributed by atoms with van der Waals surface area (Å²) in [5, 5.41) is 3.09. The number of hydrogen-bond acceptors (Lipinski definition) is 5. The fraction of sp³-hybridized carbons (Fsp3) is 0.792. The van der Waals surface area contributed by atoms with Crippen LogP contribution in [-0.2, 0) is 16.1 Å². The van der Waals surface area contributed by atoms with E-state index in [1.807, 2.05) is 25.2 Å². The monoisotopic (exact) mass is 433 g/mol. The van der Waals surface area contributed by atoms with Crippen molar-refractivity contribution in [2.24, 2.45) is 5.92 Å². The predicted molar refractivity (Wildman–Crippen MR) is 123 cm³/mol. The highest BCUT2D eigenvalue weighted by atomic mass is 32.1. The van der Waals surface area contributed by atoms with Crippen LogP contribution >= 0.6 is 11.3 Å². The number of nitrogens with one attached hydrogen (secondary N) is 1. The molecule has 1 N–H and O–H groups in total. The van der Waals surface area contributed by atoms with Crippen molar-refractivity contribution in [3.05, 3.63) is 21.9 Å². The summed E-state index contributed by atoms with van der Waals surface area (Å²) in [6.45, 7) is 10.6. The Morgan fingerprint density at radius 1 is 1.10 bits per heavy atom. The minimum absolute atomic E-state index is 0.213. The van der Waals surface area contributed by atoms with E-state index in [9.17, 15) is 4.79 Å². The number of ether oxygens (including phenoxy) is 1. The summed E-state index contributed by atoms with van der Waals surface area (Å²) in [5.41, 5.74) is 0. The first kappa shape index (κ1) is 22.3. The molecule has 1 atom stereocenters. The fourth-order valence-corrected chi connectivity index (χ4v) is 6.35. The number of thiophene rings is 1. The summed E-state index contributed by atoms with van der Waals surface area (Å²) in [7, 11) is 0. The molecule has 168 valence electrons. The van der Waals surface area contributed by atoms with Gasteiger partial charge in [0, 0.05) is 54.0 Å². The molecule has 1 aromatic rings. The molecule has 4 heterocycles. The van der Waals surface area contributed by atoms with Gasteiger partial charge in [0.25, 0.3) is 0 Å². The van der Waals surface area contributed by atoms with Crippen molar-refractivity contribution in [3.8, 4) is 0 Å². The van der Waals surface area contributed by atoms with Crippen molar-refractivity contribution in [2.75, 3.05) is 32.8 Å². The molecule has 0 saturated carbocycles. The fourth-order valence-electron chi connectivity index (χ4n) is 5.21. The minimum Gasteiger partial charge on any atom is -0.373 e. The van der Waals surface area contributed by atoms with Crippen molar-refractivity contribution < 1.29 is 9.53 Å². The third kappa shape index (κ3) is 5.84. The zero-order chi connectivity index (χ0) is 20.9. The molecule has 3 saturated heterocycles. The molecule has 1 aromatic heterocycles. The maximum absolute atomic E-state index is 12.3. The Bertz CT molecular complexity index is 670. The largest absolute Gasteiger partial charge is 0.373 e. The number of hydrogen-bond donors (Lipinski definition) is 1. The highest BCUT2D eigenvalue weighted by Gasteiger charge is 2.31. The molecule has 4 rings (SSSR count). The first-order valence-electron chi connectivity index (χ1n) is 12.1. The Kier molecular flexibility index (Phi) is 7.85. The SMILES string of the molecule is CC(C)NC(=O)C1CCN(C2CCN(Cc3ccc(C4CCCCO4)s3)CC2)CC1. The summed E-state index contributed by atoms with van der Waals surface area (Å²) >= 11 is 1.95. The lowest BCUT2D eigenvalue weighted by Gasteiger charge is -2.41. The van der Waals surface area contributed by atoms with Gasteiger partial charge in [-0.15, -0.1) is 11.3 Å². The highest BCUT2D eigenvalue weighted by Crippen LogP contribution is 2.33. The average molecular weight is 434 g/mol. The molecule has 0 aromatic carbocycles. The van der Waals surface area contributed by atoms with Crippen molar-refractivity contribution >= 4 is 17.2 Å². The standard InChI is InChI=1S/C24H39N3O2S/c1-18(2)25-24(28)19-8-14-27(15-9-19)20-10-12-26(13-11-20)17-21-6-7-23(30-21)22-5-3-4-16-29-22/h6-7,18-20,22H,3-5,8-17H2,1-2H3,(H,25,28). The third-order valence-electron chi connectivity index (χ3n) is 6.96. The van der Waals surface area contributed by atoms with E-state index in [1.165, 1.54) is 54.9 Å². The van der Waals surface area contributed by atoms with Gasteiger partial charge in [-0.25, -0.2) is 0 Å². The van der Waals surface area contributed by atoms with E-state index in [4.69, 9.17) is 4.74 Å². The van der Waals surface area contributed by atoms with Gasteiger partial charge in [0.05, 0.1) is 6.10 Å². The van der Waals surface area contributed by atoms with Crippen LogP contribution in [-0.4, -0.2) is 60.6 Å². The number of carbonyl (C=O) groups is 1. The zero-order valence-corrected chi connectivity index (χ0v) is 19.6. The van der Waals surface area contributed by atoms with Gasteiger partial charge in [-0.2, -0.15) is 0 Å². The van der Waals surface area contributed by atoms with E-state index >= 15 is 0 Å². The molecule has 3 aliphatic rings. The molecular formula is C24H39N3O2S. The topological polar surface area (TPSA) is 44.8 Å². The Labute approximate surface area is 186 Å². The molecule has 1 unspecified atom stereocenters. The number of rotatable bonds is 6. The van der Waals surface area contributed by atoms with E-state index in [1.54, 1.807) is 0 Å². The summed E-state index contributed by atoms with van der Waals surface area (Å²) in [5.74, 6) is 0.471. The predicted octanol–water partition coefficient (Wildman–Crippen LogP) is 4.19. The van der Waals surface area contributed by atoms with Crippen LogP contribution in [0.3, 0.4) is 0 Å². The Hall–Kier alpha value is -0.950. The van der Waals surface area contributed by atoms with Gasteiger partial charge in [-0.05, 0) is 84.0 Å². The number of likely N-dealkylation sites (tertiary alicyclic amines) is 2. The van der Waals surface area contributed by atoms with Crippen molar-refractivity contribution in [2.45, 2.75) is 83.5 Å². The molecular weight excluding hydrogens is 394 g/mol. The molecule has 0 bridgehead atoms. The van der Waals surface area contributed by atoms with Crippen LogP contribution in [0.1, 0.15) is 74.7 Å². The van der Waals surface area contributed by atoms with Gasteiger partial charge in [0.15, 0.2) is 0 Å². The van der Waals surface area contributed by atoms with Gasteiger partial charge in [-0.3, -0.25) is 9.69 Å². The number of amides is 1. The number of piperidine rings is 2. The quantitative estimate of drug-likeness (QED) is 0.731. The summed E-state index contributed by atoms with van der Waals surface area (Å²) in [6, 6.07) is 5.55. The average Bonchev–Trinajstić information content (AvgIpc) is 3.23. The second kappa shape index (κ2) is 10.6. The Balaban J connectivity index is 1.18.